The molecule has 6 heteroatoms. The number of nitrogens with one attached hydrogen (secondary N) is 1. The second kappa shape index (κ2) is 5.42. The molecule has 0 unspecified atom stereocenters. The van der Waals surface area contributed by atoms with Crippen LogP contribution in [0.4, 0.5) is 5.69 Å². The summed E-state index contributed by atoms with van der Waals surface area (Å²) in [7, 11) is 1.89. The first kappa shape index (κ1) is 12.9. The Bertz CT molecular complexity index is 540. The van der Waals surface area contributed by atoms with Crippen molar-refractivity contribution in [1.29, 1.82) is 0 Å². The Morgan fingerprint density at radius 1 is 1.41 bits per heavy atom. The summed E-state index contributed by atoms with van der Waals surface area (Å²) in [6.45, 7) is 0.628. The maximum Gasteiger partial charge on any atom is 0.128 e. The third-order valence-electron chi connectivity index (χ3n) is 2.40. The van der Waals surface area contributed by atoms with Gasteiger partial charge < -0.3 is 9.88 Å². The first-order valence-electron chi connectivity index (χ1n) is 4.93. The Hall–Kier alpha value is -0.520. The summed E-state index contributed by atoms with van der Waals surface area (Å²) < 4.78 is 3.89. The molecular formula is C11H10Br2ClN3. The van der Waals surface area contributed by atoms with E-state index in [0.29, 0.717) is 11.7 Å². The highest BCUT2D eigenvalue weighted by atomic mass is 79.9. The number of hydrogen-bond acceptors (Lipinski definition) is 2. The smallest absolute Gasteiger partial charge is 0.128 e. The predicted molar refractivity (Wildman–Crippen MR) is 77.4 cm³/mol. The van der Waals surface area contributed by atoms with Crippen molar-refractivity contribution < 1.29 is 0 Å². The van der Waals surface area contributed by atoms with E-state index in [1.807, 2.05) is 29.8 Å². The van der Waals surface area contributed by atoms with E-state index < -0.39 is 0 Å². The molecule has 90 valence electrons. The van der Waals surface area contributed by atoms with E-state index in [1.165, 1.54) is 0 Å². The Kier molecular flexibility index (Phi) is 4.12. The van der Waals surface area contributed by atoms with Crippen molar-refractivity contribution in [2.45, 2.75) is 6.54 Å². The van der Waals surface area contributed by atoms with E-state index in [4.69, 9.17) is 11.6 Å². The van der Waals surface area contributed by atoms with Gasteiger partial charge in [0.1, 0.15) is 11.0 Å². The lowest BCUT2D eigenvalue weighted by Crippen LogP contribution is -2.06. The molecule has 0 amide bonds. The Labute approximate surface area is 121 Å². The summed E-state index contributed by atoms with van der Waals surface area (Å²) in [5.74, 6) is 0.893. The van der Waals surface area contributed by atoms with Crippen LogP contribution >= 0.6 is 43.5 Å². The molecule has 0 fully saturated rings. The van der Waals surface area contributed by atoms with E-state index in [1.54, 1.807) is 6.20 Å². The first-order valence-corrected chi connectivity index (χ1v) is 6.89. The summed E-state index contributed by atoms with van der Waals surface area (Å²) in [4.78, 5) is 4.22. The third-order valence-corrected chi connectivity index (χ3v) is 3.90. The van der Waals surface area contributed by atoms with Crippen LogP contribution in [-0.2, 0) is 13.6 Å². The van der Waals surface area contributed by atoms with Crippen molar-refractivity contribution in [3.05, 3.63) is 44.3 Å². The van der Waals surface area contributed by atoms with Crippen molar-refractivity contribution in [2.75, 3.05) is 5.32 Å². The molecule has 1 aromatic carbocycles. The number of aromatic nitrogens is 2. The molecule has 0 aliphatic rings. The average molecular weight is 379 g/mol. The van der Waals surface area contributed by atoms with Crippen molar-refractivity contribution in [1.82, 2.24) is 9.55 Å². The third kappa shape index (κ3) is 3.03. The maximum atomic E-state index is 5.92. The standard InChI is InChI=1S/C11H10Br2ClN3/c1-17-10(14)5-16-11(17)6-15-9-3-2-7(12)4-8(9)13/h2-5,15H,6H2,1H3. The van der Waals surface area contributed by atoms with E-state index >= 15 is 0 Å². The quantitative estimate of drug-likeness (QED) is 0.866. The molecule has 2 aromatic rings. The van der Waals surface area contributed by atoms with E-state index in [9.17, 15) is 0 Å². The van der Waals surface area contributed by atoms with Gasteiger partial charge in [-0.1, -0.05) is 27.5 Å². The van der Waals surface area contributed by atoms with Gasteiger partial charge in [-0.25, -0.2) is 4.98 Å². The Morgan fingerprint density at radius 2 is 2.18 bits per heavy atom. The lowest BCUT2D eigenvalue weighted by atomic mass is 10.3. The fourth-order valence-corrected chi connectivity index (χ4v) is 2.73. The van der Waals surface area contributed by atoms with Crippen molar-refractivity contribution >= 4 is 49.1 Å². The van der Waals surface area contributed by atoms with Crippen LogP contribution in [0.15, 0.2) is 33.3 Å². The molecule has 3 nitrogen and oxygen atoms in total. The van der Waals surface area contributed by atoms with Crippen LogP contribution in [0.1, 0.15) is 5.82 Å². The minimum Gasteiger partial charge on any atom is -0.377 e. The monoisotopic (exact) mass is 377 g/mol. The van der Waals surface area contributed by atoms with Crippen molar-refractivity contribution in [2.24, 2.45) is 7.05 Å². The number of anilines is 1. The molecule has 0 aliphatic carbocycles. The van der Waals surface area contributed by atoms with Gasteiger partial charge in [0.25, 0.3) is 0 Å². The zero-order valence-corrected chi connectivity index (χ0v) is 13.0. The van der Waals surface area contributed by atoms with Crippen molar-refractivity contribution in [3.8, 4) is 0 Å². The number of imidazole rings is 1. The van der Waals surface area contributed by atoms with Gasteiger partial charge in [0.2, 0.25) is 0 Å². The molecule has 0 aliphatic heterocycles. The van der Waals surface area contributed by atoms with E-state index in [0.717, 1.165) is 20.5 Å². The van der Waals surface area contributed by atoms with Crippen LogP contribution < -0.4 is 5.32 Å². The molecule has 0 bridgehead atoms. The molecule has 0 saturated carbocycles. The second-order valence-electron chi connectivity index (χ2n) is 3.53. The fraction of sp³-hybridized carbons (Fsp3) is 0.182. The maximum absolute atomic E-state index is 5.92. The number of nitrogens with zero attached hydrogens (tertiary/aromatic N) is 2. The number of halogens is 3. The highest BCUT2D eigenvalue weighted by molar-refractivity contribution is 9.11. The highest BCUT2D eigenvalue weighted by Crippen LogP contribution is 2.26. The molecule has 1 N–H and O–H groups in total. The summed E-state index contributed by atoms with van der Waals surface area (Å²) in [5.41, 5.74) is 1.02. The average Bonchev–Trinajstić information content (AvgIpc) is 2.59. The van der Waals surface area contributed by atoms with Crippen LogP contribution in [0.3, 0.4) is 0 Å². The normalized spacial score (nSPS) is 10.6. The minimum atomic E-state index is 0.628. The summed E-state index contributed by atoms with van der Waals surface area (Å²) in [5, 5.41) is 3.94. The molecular weight excluding hydrogens is 369 g/mol. The van der Waals surface area contributed by atoms with Crippen LogP contribution in [0, 0.1) is 0 Å². The zero-order valence-electron chi connectivity index (χ0n) is 9.04. The number of benzene rings is 1. The van der Waals surface area contributed by atoms with Gasteiger partial charge >= 0.3 is 0 Å². The van der Waals surface area contributed by atoms with Gasteiger partial charge in [-0.2, -0.15) is 0 Å². The molecule has 17 heavy (non-hydrogen) atoms. The minimum absolute atomic E-state index is 0.628. The molecule has 0 spiro atoms. The molecule has 2 rings (SSSR count). The lowest BCUT2D eigenvalue weighted by molar-refractivity contribution is 0.813. The molecule has 0 atom stereocenters. The molecule has 1 heterocycles. The Morgan fingerprint density at radius 3 is 2.76 bits per heavy atom. The fourth-order valence-electron chi connectivity index (χ4n) is 1.40. The van der Waals surface area contributed by atoms with Gasteiger partial charge in [0.15, 0.2) is 0 Å². The predicted octanol–water partition coefficient (Wildman–Crippen LogP) is 4.21. The van der Waals surface area contributed by atoms with Gasteiger partial charge in [-0.05, 0) is 34.1 Å². The highest BCUT2D eigenvalue weighted by Gasteiger charge is 2.05. The van der Waals surface area contributed by atoms with Crippen LogP contribution in [0.25, 0.3) is 0 Å². The van der Waals surface area contributed by atoms with Crippen molar-refractivity contribution in [3.63, 3.8) is 0 Å². The zero-order chi connectivity index (χ0) is 12.4. The first-order chi connectivity index (χ1) is 8.08. The largest absolute Gasteiger partial charge is 0.377 e. The summed E-state index contributed by atoms with van der Waals surface area (Å²) in [6.07, 6.45) is 1.65. The number of rotatable bonds is 3. The molecule has 0 saturated heterocycles. The molecule has 0 radical (unpaired) electrons. The second-order valence-corrected chi connectivity index (χ2v) is 5.69. The van der Waals surface area contributed by atoms with E-state index in [-0.39, 0.29) is 0 Å². The van der Waals surface area contributed by atoms with Crippen LogP contribution in [0.2, 0.25) is 5.15 Å². The van der Waals surface area contributed by atoms with E-state index in [2.05, 4.69) is 42.2 Å². The van der Waals surface area contributed by atoms with Gasteiger partial charge in [-0.15, -0.1) is 0 Å². The van der Waals surface area contributed by atoms with Gasteiger partial charge in [0.05, 0.1) is 12.7 Å². The summed E-state index contributed by atoms with van der Waals surface area (Å²) in [6, 6.07) is 5.98. The topological polar surface area (TPSA) is 29.9 Å². The SMILES string of the molecule is Cn1c(Cl)cnc1CNc1ccc(Br)cc1Br. The Balaban J connectivity index is 2.10. The number of hydrogen-bond donors (Lipinski definition) is 1. The summed E-state index contributed by atoms with van der Waals surface area (Å²) >= 11 is 12.8. The molecule has 1 aromatic heterocycles. The van der Waals surface area contributed by atoms with Gasteiger partial charge in [0, 0.05) is 21.7 Å². The van der Waals surface area contributed by atoms with Crippen LogP contribution in [0.5, 0.6) is 0 Å². The van der Waals surface area contributed by atoms with Gasteiger partial charge in [-0.3, -0.25) is 0 Å². The lowest BCUT2D eigenvalue weighted by Gasteiger charge is -2.09. The van der Waals surface area contributed by atoms with Crippen LogP contribution in [-0.4, -0.2) is 9.55 Å².